The summed E-state index contributed by atoms with van der Waals surface area (Å²) in [5, 5.41) is 4.09. The molecule has 0 amide bonds. The van der Waals surface area contributed by atoms with E-state index in [-0.39, 0.29) is 6.61 Å². The summed E-state index contributed by atoms with van der Waals surface area (Å²) in [7, 11) is 1.32. The van der Waals surface area contributed by atoms with Gasteiger partial charge in [0, 0.05) is 18.0 Å². The van der Waals surface area contributed by atoms with E-state index in [1.165, 1.54) is 25.8 Å². The summed E-state index contributed by atoms with van der Waals surface area (Å²) in [5.74, 6) is -0.520. The van der Waals surface area contributed by atoms with Crippen LogP contribution in [0.1, 0.15) is 18.2 Å². The highest BCUT2D eigenvalue weighted by Gasteiger charge is 2.50. The smallest absolute Gasteiger partial charge is 0.326 e. The van der Waals surface area contributed by atoms with E-state index in [1.54, 1.807) is 24.4 Å². The number of pyridine rings is 1. The monoisotopic (exact) mass is 361 g/mol. The van der Waals surface area contributed by atoms with E-state index in [2.05, 4.69) is 15.1 Å². The van der Waals surface area contributed by atoms with Crippen LogP contribution in [0.15, 0.2) is 52.0 Å². The van der Waals surface area contributed by atoms with Gasteiger partial charge in [0.05, 0.1) is 30.6 Å². The molecule has 0 radical (unpaired) electrons. The van der Waals surface area contributed by atoms with Crippen molar-refractivity contribution in [3.63, 3.8) is 0 Å². The van der Waals surface area contributed by atoms with Crippen LogP contribution >= 0.6 is 11.6 Å². The second-order valence-corrected chi connectivity index (χ2v) is 6.02. The van der Waals surface area contributed by atoms with Gasteiger partial charge >= 0.3 is 5.97 Å². The quantitative estimate of drug-likeness (QED) is 0.761. The molecule has 0 aliphatic carbocycles. The van der Waals surface area contributed by atoms with Gasteiger partial charge in [-0.15, -0.1) is 0 Å². The standard InChI is InChI=1S/C17H16ClN3O4/c1-11-5-17(16(22)23-2,14-4-3-13(18)8-19-14)15(20-6-11)24-9-12-7-21-25-10-12/h3-8,10,15H,9H2,1-2H3. The molecule has 0 fully saturated rings. The van der Waals surface area contributed by atoms with Crippen LogP contribution in [0.2, 0.25) is 5.02 Å². The van der Waals surface area contributed by atoms with Gasteiger partial charge in [-0.25, -0.2) is 0 Å². The van der Waals surface area contributed by atoms with E-state index >= 15 is 0 Å². The van der Waals surface area contributed by atoms with Gasteiger partial charge in [0.15, 0.2) is 11.6 Å². The Morgan fingerprint density at radius 3 is 2.88 bits per heavy atom. The van der Waals surface area contributed by atoms with E-state index in [0.29, 0.717) is 10.7 Å². The average molecular weight is 362 g/mol. The van der Waals surface area contributed by atoms with Crippen molar-refractivity contribution in [3.05, 3.63) is 58.7 Å². The third-order valence-electron chi connectivity index (χ3n) is 3.82. The number of allylic oxidation sites excluding steroid dienone is 1. The first-order valence-electron chi connectivity index (χ1n) is 7.49. The number of aromatic nitrogens is 2. The molecule has 2 aromatic rings. The minimum Gasteiger partial charge on any atom is -0.468 e. The number of rotatable bonds is 5. The van der Waals surface area contributed by atoms with Crippen molar-refractivity contribution in [2.45, 2.75) is 25.2 Å². The number of nitrogens with zero attached hydrogens (tertiary/aromatic N) is 3. The van der Waals surface area contributed by atoms with Gasteiger partial charge in [-0.2, -0.15) is 0 Å². The molecule has 3 heterocycles. The molecule has 0 bridgehead atoms. The highest BCUT2D eigenvalue weighted by atomic mass is 35.5. The van der Waals surface area contributed by atoms with Crippen molar-refractivity contribution < 1.29 is 18.8 Å². The molecule has 25 heavy (non-hydrogen) atoms. The van der Waals surface area contributed by atoms with Gasteiger partial charge in [0.1, 0.15) is 6.26 Å². The van der Waals surface area contributed by atoms with Crippen molar-refractivity contribution in [1.29, 1.82) is 0 Å². The first kappa shape index (κ1) is 17.3. The largest absolute Gasteiger partial charge is 0.468 e. The number of aliphatic imine (C=N–C) groups is 1. The molecule has 1 aliphatic heterocycles. The number of carbonyl (C=O) groups is 1. The molecular formula is C17H16ClN3O4. The predicted octanol–water partition coefficient (Wildman–Crippen LogP) is 2.71. The second kappa shape index (κ2) is 7.16. The maximum absolute atomic E-state index is 12.8. The maximum atomic E-state index is 12.8. The molecule has 7 nitrogen and oxygen atoms in total. The Balaban J connectivity index is 2.02. The van der Waals surface area contributed by atoms with Crippen LogP contribution in [0.5, 0.6) is 0 Å². The van der Waals surface area contributed by atoms with Crippen LogP contribution in [-0.4, -0.2) is 35.7 Å². The second-order valence-electron chi connectivity index (χ2n) is 5.58. The highest BCUT2D eigenvalue weighted by molar-refractivity contribution is 6.30. The Morgan fingerprint density at radius 1 is 1.40 bits per heavy atom. The molecule has 2 atom stereocenters. The zero-order valence-electron chi connectivity index (χ0n) is 13.7. The minimum absolute atomic E-state index is 0.171. The van der Waals surface area contributed by atoms with Crippen LogP contribution in [0.3, 0.4) is 0 Å². The molecule has 0 saturated heterocycles. The summed E-state index contributed by atoms with van der Waals surface area (Å²) < 4.78 is 15.7. The zero-order valence-corrected chi connectivity index (χ0v) is 14.4. The highest BCUT2D eigenvalue weighted by Crippen LogP contribution is 2.36. The van der Waals surface area contributed by atoms with E-state index in [0.717, 1.165) is 11.1 Å². The van der Waals surface area contributed by atoms with Crippen LogP contribution in [0.4, 0.5) is 0 Å². The lowest BCUT2D eigenvalue weighted by Crippen LogP contribution is -2.48. The molecule has 8 heteroatoms. The van der Waals surface area contributed by atoms with Crippen LogP contribution < -0.4 is 0 Å². The number of dihydropyridines is 1. The summed E-state index contributed by atoms with van der Waals surface area (Å²) >= 11 is 5.93. The summed E-state index contributed by atoms with van der Waals surface area (Å²) in [6, 6.07) is 3.33. The van der Waals surface area contributed by atoms with E-state index in [4.69, 9.17) is 25.6 Å². The number of ether oxygens (including phenoxy) is 2. The SMILES string of the molecule is COC(=O)C1(c2ccc(Cl)cn2)C=C(C)C=NC1OCc1cnoc1. The van der Waals surface area contributed by atoms with Crippen molar-refractivity contribution in [3.8, 4) is 0 Å². The molecule has 0 aromatic carbocycles. The van der Waals surface area contributed by atoms with Crippen molar-refractivity contribution in [1.82, 2.24) is 10.1 Å². The molecule has 130 valence electrons. The minimum atomic E-state index is -1.31. The number of hydrogen-bond donors (Lipinski definition) is 0. The summed E-state index contributed by atoms with van der Waals surface area (Å²) in [5.41, 5.74) is 0.654. The number of hydrogen-bond acceptors (Lipinski definition) is 7. The van der Waals surface area contributed by atoms with E-state index in [9.17, 15) is 4.79 Å². The average Bonchev–Trinajstić information content (AvgIpc) is 3.14. The fraction of sp³-hybridized carbons (Fsp3) is 0.294. The lowest BCUT2D eigenvalue weighted by molar-refractivity contribution is -0.152. The number of halogens is 1. The number of methoxy groups -OCH3 is 1. The summed E-state index contributed by atoms with van der Waals surface area (Å²) in [6.45, 7) is 2.01. The normalized spacial score (nSPS) is 22.5. The first-order valence-corrected chi connectivity index (χ1v) is 7.87. The maximum Gasteiger partial charge on any atom is 0.326 e. The van der Waals surface area contributed by atoms with Gasteiger partial charge in [-0.05, 0) is 24.6 Å². The molecule has 2 unspecified atom stereocenters. The molecule has 3 rings (SSSR count). The Hall–Kier alpha value is -2.51. The van der Waals surface area contributed by atoms with Crippen LogP contribution in [0, 0.1) is 0 Å². The first-order chi connectivity index (χ1) is 12.1. The third kappa shape index (κ3) is 3.33. The summed E-state index contributed by atoms with van der Waals surface area (Å²) in [6.07, 6.45) is 7.02. The molecule has 2 aromatic heterocycles. The lowest BCUT2D eigenvalue weighted by atomic mass is 9.79. The Bertz CT molecular complexity index is 802. The topological polar surface area (TPSA) is 86.8 Å². The van der Waals surface area contributed by atoms with Crippen molar-refractivity contribution >= 4 is 23.8 Å². The molecule has 0 spiro atoms. The van der Waals surface area contributed by atoms with Gasteiger partial charge < -0.3 is 14.0 Å². The zero-order chi connectivity index (χ0) is 17.9. The van der Waals surface area contributed by atoms with Crippen molar-refractivity contribution in [2.75, 3.05) is 7.11 Å². The molecular weight excluding hydrogens is 346 g/mol. The molecule has 0 N–H and O–H groups in total. The van der Waals surface area contributed by atoms with Gasteiger partial charge in [0.25, 0.3) is 0 Å². The predicted molar refractivity (Wildman–Crippen MR) is 90.3 cm³/mol. The fourth-order valence-electron chi connectivity index (χ4n) is 2.67. The van der Waals surface area contributed by atoms with Gasteiger partial charge in [-0.1, -0.05) is 22.8 Å². The fourth-order valence-corrected chi connectivity index (χ4v) is 2.78. The van der Waals surface area contributed by atoms with Gasteiger partial charge in [-0.3, -0.25) is 14.8 Å². The summed E-state index contributed by atoms with van der Waals surface area (Å²) in [4.78, 5) is 21.5. The molecule has 1 aliphatic rings. The van der Waals surface area contributed by atoms with Crippen LogP contribution in [0.25, 0.3) is 0 Å². The van der Waals surface area contributed by atoms with E-state index < -0.39 is 17.6 Å². The Kier molecular flexibility index (Phi) is 4.96. The molecule has 0 saturated carbocycles. The number of esters is 1. The Morgan fingerprint density at radius 2 is 2.24 bits per heavy atom. The van der Waals surface area contributed by atoms with Crippen LogP contribution in [-0.2, 0) is 26.3 Å². The lowest BCUT2D eigenvalue weighted by Gasteiger charge is -2.35. The number of carbonyl (C=O) groups excluding carboxylic acids is 1. The van der Waals surface area contributed by atoms with Crippen molar-refractivity contribution in [2.24, 2.45) is 4.99 Å². The van der Waals surface area contributed by atoms with Gasteiger partial charge in [0.2, 0.25) is 0 Å². The Labute approximate surface area is 149 Å². The van der Waals surface area contributed by atoms with E-state index in [1.807, 2.05) is 6.92 Å². The third-order valence-corrected chi connectivity index (χ3v) is 4.05.